The second-order valence-electron chi connectivity index (χ2n) is 7.84. The van der Waals surface area contributed by atoms with Crippen molar-refractivity contribution >= 4 is 12.1 Å². The summed E-state index contributed by atoms with van der Waals surface area (Å²) in [5, 5.41) is 3.54. The number of nitrogens with one attached hydrogen (secondary N) is 1. The van der Waals surface area contributed by atoms with Gasteiger partial charge >= 0.3 is 12.1 Å². The van der Waals surface area contributed by atoms with E-state index in [2.05, 4.69) is 17.4 Å². The maximum absolute atomic E-state index is 12.3. The third kappa shape index (κ3) is 6.02. The van der Waals surface area contributed by atoms with Crippen LogP contribution in [0.2, 0.25) is 0 Å². The lowest BCUT2D eigenvalue weighted by Gasteiger charge is -2.42. The van der Waals surface area contributed by atoms with Crippen LogP contribution >= 0.6 is 0 Å². The Morgan fingerprint density at radius 2 is 1.77 bits per heavy atom. The molecule has 1 fully saturated rings. The number of hydrogen-bond acceptors (Lipinski definition) is 5. The fourth-order valence-electron chi connectivity index (χ4n) is 3.09. The number of benzene rings is 1. The summed E-state index contributed by atoms with van der Waals surface area (Å²) in [4.78, 5) is 25.9. The van der Waals surface area contributed by atoms with Crippen LogP contribution in [0.5, 0.6) is 0 Å². The van der Waals surface area contributed by atoms with Crippen LogP contribution < -0.4 is 5.32 Å². The highest BCUT2D eigenvalue weighted by molar-refractivity contribution is 5.71. The number of carbonyl (C=O) groups excluding carboxylic acids is 2. The predicted molar refractivity (Wildman–Crippen MR) is 99.7 cm³/mol. The Morgan fingerprint density at radius 3 is 2.31 bits per heavy atom. The molecule has 144 valence electrons. The van der Waals surface area contributed by atoms with E-state index in [0.29, 0.717) is 38.9 Å². The third-order valence-electron chi connectivity index (χ3n) is 4.59. The SMILES string of the molecule is COC(=O)CC1(NCc2ccccc2)CCN(C(=O)OC(C)(C)C)CC1. The van der Waals surface area contributed by atoms with Crippen LogP contribution in [0.1, 0.15) is 45.6 Å². The van der Waals surface area contributed by atoms with Crippen LogP contribution in [0.4, 0.5) is 4.79 Å². The molecule has 1 aromatic rings. The second-order valence-corrected chi connectivity index (χ2v) is 7.84. The zero-order chi connectivity index (χ0) is 19.2. The lowest BCUT2D eigenvalue weighted by Crippen LogP contribution is -2.55. The average molecular weight is 362 g/mol. The van der Waals surface area contributed by atoms with Gasteiger partial charge in [0.1, 0.15) is 5.60 Å². The topological polar surface area (TPSA) is 67.9 Å². The molecule has 0 bridgehead atoms. The lowest BCUT2D eigenvalue weighted by atomic mass is 9.84. The highest BCUT2D eigenvalue weighted by Crippen LogP contribution is 2.28. The van der Waals surface area contributed by atoms with Crippen molar-refractivity contribution in [2.45, 2.75) is 57.7 Å². The van der Waals surface area contributed by atoms with Crippen molar-refractivity contribution in [1.82, 2.24) is 10.2 Å². The van der Waals surface area contributed by atoms with Crippen molar-refractivity contribution in [3.63, 3.8) is 0 Å². The Morgan fingerprint density at radius 1 is 1.15 bits per heavy atom. The fraction of sp³-hybridized carbons (Fsp3) is 0.600. The van der Waals surface area contributed by atoms with E-state index < -0.39 is 5.60 Å². The predicted octanol–water partition coefficient (Wildman–Crippen LogP) is 3.11. The Hall–Kier alpha value is -2.08. The zero-order valence-corrected chi connectivity index (χ0v) is 16.2. The molecular formula is C20H30N2O4. The zero-order valence-electron chi connectivity index (χ0n) is 16.2. The molecule has 1 N–H and O–H groups in total. The van der Waals surface area contributed by atoms with E-state index in [9.17, 15) is 9.59 Å². The molecule has 0 unspecified atom stereocenters. The van der Waals surface area contributed by atoms with Gasteiger partial charge < -0.3 is 19.7 Å². The van der Waals surface area contributed by atoms with Gasteiger partial charge in [0.15, 0.2) is 0 Å². The van der Waals surface area contributed by atoms with Gasteiger partial charge in [-0.25, -0.2) is 4.79 Å². The summed E-state index contributed by atoms with van der Waals surface area (Å²) in [6, 6.07) is 10.1. The molecule has 26 heavy (non-hydrogen) atoms. The van der Waals surface area contributed by atoms with Gasteiger partial charge in [-0.3, -0.25) is 4.79 Å². The van der Waals surface area contributed by atoms with Crippen LogP contribution in [0.3, 0.4) is 0 Å². The van der Waals surface area contributed by atoms with Crippen molar-refractivity contribution in [2.75, 3.05) is 20.2 Å². The highest BCUT2D eigenvalue weighted by atomic mass is 16.6. The van der Waals surface area contributed by atoms with Crippen molar-refractivity contribution < 1.29 is 19.1 Å². The Bertz CT molecular complexity index is 602. The standard InChI is InChI=1S/C20H30N2O4/c1-19(2,3)26-18(24)22-12-10-20(11-13-22,14-17(23)25-4)21-15-16-8-6-5-7-9-16/h5-9,21H,10-15H2,1-4H3. The first-order chi connectivity index (χ1) is 12.2. The molecule has 2 rings (SSSR count). The molecule has 0 spiro atoms. The van der Waals surface area contributed by atoms with Crippen LogP contribution in [0, 0.1) is 0 Å². The molecule has 0 aliphatic carbocycles. The average Bonchev–Trinajstić information content (AvgIpc) is 2.60. The lowest BCUT2D eigenvalue weighted by molar-refractivity contribution is -0.143. The molecule has 0 radical (unpaired) electrons. The molecule has 6 heteroatoms. The molecular weight excluding hydrogens is 332 g/mol. The van der Waals surface area contributed by atoms with Crippen LogP contribution in [0.25, 0.3) is 0 Å². The summed E-state index contributed by atoms with van der Waals surface area (Å²) >= 11 is 0. The minimum atomic E-state index is -0.511. The number of amides is 1. The molecule has 0 saturated carbocycles. The van der Waals surface area contributed by atoms with Crippen molar-refractivity contribution in [3.05, 3.63) is 35.9 Å². The van der Waals surface area contributed by atoms with E-state index >= 15 is 0 Å². The van der Waals surface area contributed by atoms with Gasteiger partial charge in [0.2, 0.25) is 0 Å². The van der Waals surface area contributed by atoms with Crippen LogP contribution in [-0.2, 0) is 20.8 Å². The van der Waals surface area contributed by atoms with E-state index in [1.54, 1.807) is 4.90 Å². The molecule has 1 aromatic carbocycles. The first kappa shape index (κ1) is 20.2. The quantitative estimate of drug-likeness (QED) is 0.815. The number of likely N-dealkylation sites (tertiary alicyclic amines) is 1. The van der Waals surface area contributed by atoms with Crippen LogP contribution in [0.15, 0.2) is 30.3 Å². The Kier molecular flexibility index (Phi) is 6.64. The van der Waals surface area contributed by atoms with Gasteiger partial charge in [-0.1, -0.05) is 30.3 Å². The molecule has 1 saturated heterocycles. The Balaban J connectivity index is 2.00. The molecule has 1 heterocycles. The first-order valence-electron chi connectivity index (χ1n) is 9.07. The summed E-state index contributed by atoms with van der Waals surface area (Å²) in [6.07, 6.45) is 1.34. The summed E-state index contributed by atoms with van der Waals surface area (Å²) in [5.41, 5.74) is 0.274. The van der Waals surface area contributed by atoms with Crippen molar-refractivity contribution in [2.24, 2.45) is 0 Å². The second kappa shape index (κ2) is 8.54. The minimum Gasteiger partial charge on any atom is -0.469 e. The smallest absolute Gasteiger partial charge is 0.410 e. The molecule has 1 aliphatic heterocycles. The van der Waals surface area contributed by atoms with Gasteiger partial charge in [0.05, 0.1) is 13.5 Å². The maximum atomic E-state index is 12.3. The maximum Gasteiger partial charge on any atom is 0.410 e. The summed E-state index contributed by atoms with van der Waals surface area (Å²) in [7, 11) is 1.41. The first-order valence-corrected chi connectivity index (χ1v) is 9.07. The number of carbonyl (C=O) groups is 2. The highest BCUT2D eigenvalue weighted by Gasteiger charge is 2.38. The number of ether oxygens (including phenoxy) is 2. The summed E-state index contributed by atoms with van der Waals surface area (Å²) in [6.45, 7) is 7.35. The van der Waals surface area contributed by atoms with Gasteiger partial charge in [-0.05, 0) is 39.2 Å². The number of nitrogens with zero attached hydrogens (tertiary/aromatic N) is 1. The van der Waals surface area contributed by atoms with E-state index in [1.165, 1.54) is 7.11 Å². The number of hydrogen-bond donors (Lipinski definition) is 1. The van der Waals surface area contributed by atoms with Gasteiger partial charge in [0.25, 0.3) is 0 Å². The molecule has 1 amide bonds. The number of piperidine rings is 1. The van der Waals surface area contributed by atoms with E-state index in [1.807, 2.05) is 39.0 Å². The van der Waals surface area contributed by atoms with Crippen molar-refractivity contribution in [3.8, 4) is 0 Å². The normalized spacial score (nSPS) is 16.8. The Labute approximate surface area is 155 Å². The minimum absolute atomic E-state index is 0.240. The van der Waals surface area contributed by atoms with Gasteiger partial charge in [0, 0.05) is 25.2 Å². The number of rotatable bonds is 5. The van der Waals surface area contributed by atoms with Gasteiger partial charge in [-0.2, -0.15) is 0 Å². The van der Waals surface area contributed by atoms with Crippen LogP contribution in [-0.4, -0.2) is 48.3 Å². The number of esters is 1. The van der Waals surface area contributed by atoms with E-state index in [-0.39, 0.29) is 17.6 Å². The fourth-order valence-corrected chi connectivity index (χ4v) is 3.09. The van der Waals surface area contributed by atoms with E-state index in [0.717, 1.165) is 5.56 Å². The summed E-state index contributed by atoms with van der Waals surface area (Å²) in [5.74, 6) is -0.240. The molecule has 0 atom stereocenters. The largest absolute Gasteiger partial charge is 0.469 e. The van der Waals surface area contributed by atoms with Gasteiger partial charge in [-0.15, -0.1) is 0 Å². The monoisotopic (exact) mass is 362 g/mol. The van der Waals surface area contributed by atoms with Crippen molar-refractivity contribution in [1.29, 1.82) is 0 Å². The summed E-state index contributed by atoms with van der Waals surface area (Å²) < 4.78 is 10.3. The molecule has 1 aliphatic rings. The molecule has 6 nitrogen and oxygen atoms in total. The van der Waals surface area contributed by atoms with E-state index in [4.69, 9.17) is 9.47 Å². The third-order valence-corrected chi connectivity index (χ3v) is 4.59. The number of methoxy groups -OCH3 is 1. The molecule has 0 aromatic heterocycles.